The van der Waals surface area contributed by atoms with Gasteiger partial charge in [-0.05, 0) is 12.1 Å². The third-order valence-corrected chi connectivity index (χ3v) is 6.07. The van der Waals surface area contributed by atoms with E-state index in [9.17, 15) is 9.59 Å². The standard InChI is InChI=1S/C23H25N5O5/c1-31-19-4-2-3-16-13-18(23(30)33-21(16)19)22(29)28-7-5-26(6-8-28)17-14-20(25-24-15-17)27-9-11-32-12-10-27/h2-4,13-15H,5-12H2,1H3. The van der Waals surface area contributed by atoms with Crippen molar-refractivity contribution in [3.8, 4) is 5.75 Å². The summed E-state index contributed by atoms with van der Waals surface area (Å²) in [7, 11) is 1.51. The lowest BCUT2D eigenvalue weighted by Gasteiger charge is -2.36. The maximum atomic E-state index is 13.1. The number of ether oxygens (including phenoxy) is 2. The van der Waals surface area contributed by atoms with Crippen LogP contribution in [0.2, 0.25) is 0 Å². The number of aromatic nitrogens is 2. The van der Waals surface area contributed by atoms with Gasteiger partial charge in [-0.3, -0.25) is 4.79 Å². The number of rotatable bonds is 4. The molecule has 0 aliphatic carbocycles. The van der Waals surface area contributed by atoms with Crippen molar-refractivity contribution >= 4 is 28.4 Å². The van der Waals surface area contributed by atoms with Gasteiger partial charge in [-0.1, -0.05) is 12.1 Å². The number of nitrogens with zero attached hydrogens (tertiary/aromatic N) is 5. The second-order valence-corrected chi connectivity index (χ2v) is 7.98. The van der Waals surface area contributed by atoms with Crippen LogP contribution in [0.1, 0.15) is 10.4 Å². The molecule has 5 rings (SSSR count). The molecule has 4 heterocycles. The van der Waals surface area contributed by atoms with E-state index < -0.39 is 5.63 Å². The number of piperazine rings is 1. The van der Waals surface area contributed by atoms with Gasteiger partial charge < -0.3 is 28.6 Å². The summed E-state index contributed by atoms with van der Waals surface area (Å²) >= 11 is 0. The SMILES string of the molecule is COc1cccc2cc(C(=O)N3CCN(c4cnnc(N5CCOCC5)c4)CC3)c(=O)oc12. The molecule has 1 aromatic carbocycles. The molecular weight excluding hydrogens is 426 g/mol. The van der Waals surface area contributed by atoms with Gasteiger partial charge in [0, 0.05) is 50.7 Å². The van der Waals surface area contributed by atoms with E-state index in [4.69, 9.17) is 13.9 Å². The van der Waals surface area contributed by atoms with Gasteiger partial charge >= 0.3 is 5.63 Å². The van der Waals surface area contributed by atoms with Crippen LogP contribution in [0, 0.1) is 0 Å². The number of hydrogen-bond donors (Lipinski definition) is 0. The summed E-state index contributed by atoms with van der Waals surface area (Å²) in [6.07, 6.45) is 1.74. The molecule has 3 aromatic rings. The van der Waals surface area contributed by atoms with Crippen molar-refractivity contribution in [2.75, 3.05) is 69.4 Å². The minimum absolute atomic E-state index is 0.0318. The van der Waals surface area contributed by atoms with E-state index in [0.29, 0.717) is 56.1 Å². The van der Waals surface area contributed by atoms with Gasteiger partial charge in [-0.25, -0.2) is 4.79 Å². The lowest BCUT2D eigenvalue weighted by Crippen LogP contribution is -2.49. The molecule has 0 saturated carbocycles. The van der Waals surface area contributed by atoms with Crippen molar-refractivity contribution in [2.24, 2.45) is 0 Å². The molecule has 2 fully saturated rings. The first-order valence-electron chi connectivity index (χ1n) is 10.9. The Kier molecular flexibility index (Phi) is 5.82. The molecule has 0 bridgehead atoms. The summed E-state index contributed by atoms with van der Waals surface area (Å²) in [5.41, 5.74) is 0.681. The Morgan fingerprint density at radius 1 is 1.03 bits per heavy atom. The van der Waals surface area contributed by atoms with Crippen LogP contribution >= 0.6 is 0 Å². The number of fused-ring (bicyclic) bond motifs is 1. The molecule has 0 N–H and O–H groups in total. The summed E-state index contributed by atoms with van der Waals surface area (Å²) in [6.45, 7) is 5.19. The Morgan fingerprint density at radius 3 is 2.58 bits per heavy atom. The zero-order chi connectivity index (χ0) is 22.8. The molecule has 1 amide bonds. The van der Waals surface area contributed by atoms with Crippen LogP contribution < -0.4 is 20.2 Å². The number of hydrogen-bond acceptors (Lipinski definition) is 9. The van der Waals surface area contributed by atoms with Gasteiger partial charge in [0.05, 0.1) is 32.2 Å². The van der Waals surface area contributed by atoms with Crippen LogP contribution in [0.5, 0.6) is 5.75 Å². The van der Waals surface area contributed by atoms with Crippen molar-refractivity contribution in [3.05, 3.63) is 52.5 Å². The van der Waals surface area contributed by atoms with Crippen molar-refractivity contribution in [2.45, 2.75) is 0 Å². The third-order valence-electron chi connectivity index (χ3n) is 6.07. The molecule has 10 nitrogen and oxygen atoms in total. The zero-order valence-electron chi connectivity index (χ0n) is 18.4. The first kappa shape index (κ1) is 21.2. The van der Waals surface area contributed by atoms with Crippen molar-refractivity contribution in [1.82, 2.24) is 15.1 Å². The summed E-state index contributed by atoms with van der Waals surface area (Å²) in [5.74, 6) is 0.966. The Morgan fingerprint density at radius 2 is 1.82 bits per heavy atom. The summed E-state index contributed by atoms with van der Waals surface area (Å²) < 4.78 is 16.1. The lowest BCUT2D eigenvalue weighted by atomic mass is 10.1. The topological polar surface area (TPSA) is 101 Å². The van der Waals surface area contributed by atoms with Crippen LogP contribution in [0.25, 0.3) is 11.0 Å². The van der Waals surface area contributed by atoms with Gasteiger partial charge in [0.2, 0.25) is 0 Å². The summed E-state index contributed by atoms with van der Waals surface area (Å²) in [5, 5.41) is 9.08. The largest absolute Gasteiger partial charge is 0.493 e. The molecule has 2 aliphatic rings. The molecule has 2 aliphatic heterocycles. The Hall–Kier alpha value is -3.66. The van der Waals surface area contributed by atoms with Gasteiger partial charge in [-0.2, -0.15) is 5.10 Å². The molecule has 172 valence electrons. The van der Waals surface area contributed by atoms with Crippen LogP contribution in [-0.2, 0) is 4.74 Å². The van der Waals surface area contributed by atoms with E-state index >= 15 is 0 Å². The maximum Gasteiger partial charge on any atom is 0.349 e. The fourth-order valence-corrected chi connectivity index (χ4v) is 4.23. The molecule has 2 saturated heterocycles. The zero-order valence-corrected chi connectivity index (χ0v) is 18.4. The lowest BCUT2D eigenvalue weighted by molar-refractivity contribution is 0.0742. The smallest absolute Gasteiger partial charge is 0.349 e. The average molecular weight is 451 g/mol. The van der Waals surface area contributed by atoms with Crippen LogP contribution in [-0.4, -0.2) is 80.6 Å². The molecule has 0 spiro atoms. The monoisotopic (exact) mass is 451 g/mol. The minimum atomic E-state index is -0.659. The molecule has 0 atom stereocenters. The molecule has 0 unspecified atom stereocenters. The molecule has 10 heteroatoms. The molecule has 0 radical (unpaired) electrons. The van der Waals surface area contributed by atoms with Crippen molar-refractivity contribution in [1.29, 1.82) is 0 Å². The second-order valence-electron chi connectivity index (χ2n) is 7.98. The number of para-hydroxylation sites is 1. The van der Waals surface area contributed by atoms with E-state index in [-0.39, 0.29) is 11.5 Å². The number of methoxy groups -OCH3 is 1. The normalized spacial score (nSPS) is 16.8. The van der Waals surface area contributed by atoms with Gasteiger partial charge in [0.1, 0.15) is 5.56 Å². The Bertz CT molecular complexity index is 1220. The predicted octanol–water partition coefficient (Wildman–Crippen LogP) is 1.39. The number of carbonyl (C=O) groups is 1. The van der Waals surface area contributed by atoms with Gasteiger partial charge in [-0.15, -0.1) is 5.10 Å². The number of amides is 1. The second kappa shape index (κ2) is 9.07. The van der Waals surface area contributed by atoms with Crippen LogP contribution in [0.15, 0.2) is 45.7 Å². The number of carbonyl (C=O) groups excluding carboxylic acids is 1. The highest BCUT2D eigenvalue weighted by atomic mass is 16.5. The first-order chi connectivity index (χ1) is 16.1. The summed E-state index contributed by atoms with van der Waals surface area (Å²) in [4.78, 5) is 31.7. The van der Waals surface area contributed by atoms with Gasteiger partial charge in [0.25, 0.3) is 5.91 Å². The van der Waals surface area contributed by atoms with Crippen LogP contribution in [0.4, 0.5) is 11.5 Å². The highest BCUT2D eigenvalue weighted by Crippen LogP contribution is 2.25. The van der Waals surface area contributed by atoms with Gasteiger partial charge in [0.15, 0.2) is 17.2 Å². The van der Waals surface area contributed by atoms with E-state index in [0.717, 1.165) is 24.6 Å². The van der Waals surface area contributed by atoms with Crippen molar-refractivity contribution in [3.63, 3.8) is 0 Å². The van der Waals surface area contributed by atoms with E-state index in [1.807, 2.05) is 6.07 Å². The van der Waals surface area contributed by atoms with E-state index in [1.54, 1.807) is 35.4 Å². The highest BCUT2D eigenvalue weighted by molar-refractivity contribution is 5.97. The molecule has 2 aromatic heterocycles. The Labute approximate surface area is 190 Å². The third kappa shape index (κ3) is 4.21. The number of benzene rings is 1. The molecule has 33 heavy (non-hydrogen) atoms. The fraction of sp³-hybridized carbons (Fsp3) is 0.391. The molecular formula is C23H25N5O5. The quantitative estimate of drug-likeness (QED) is 0.545. The summed E-state index contributed by atoms with van der Waals surface area (Å²) in [6, 6.07) is 8.91. The minimum Gasteiger partial charge on any atom is -0.493 e. The first-order valence-corrected chi connectivity index (χ1v) is 10.9. The van der Waals surface area contributed by atoms with E-state index in [2.05, 4.69) is 20.0 Å². The highest BCUT2D eigenvalue weighted by Gasteiger charge is 2.26. The van der Waals surface area contributed by atoms with Crippen molar-refractivity contribution < 1.29 is 18.7 Å². The average Bonchev–Trinajstić information content (AvgIpc) is 2.88. The number of anilines is 2. The predicted molar refractivity (Wildman–Crippen MR) is 122 cm³/mol. The maximum absolute atomic E-state index is 13.1. The van der Waals surface area contributed by atoms with E-state index in [1.165, 1.54) is 7.11 Å². The van der Waals surface area contributed by atoms with Crippen LogP contribution in [0.3, 0.4) is 0 Å². The Balaban J connectivity index is 1.29. The number of morpholine rings is 1. The fourth-order valence-electron chi connectivity index (χ4n) is 4.23.